The molecule has 9 nitrogen and oxygen atoms in total. The summed E-state index contributed by atoms with van der Waals surface area (Å²) in [4.78, 5) is 15.1. The highest BCUT2D eigenvalue weighted by Gasteiger charge is 2.66. The van der Waals surface area contributed by atoms with E-state index < -0.39 is 15.1 Å². The molecule has 1 aliphatic carbocycles. The van der Waals surface area contributed by atoms with Crippen LogP contribution in [0.25, 0.3) is 33.3 Å². The number of benzene rings is 2. The maximum atomic E-state index is 14.7. The Labute approximate surface area is 222 Å². The van der Waals surface area contributed by atoms with Gasteiger partial charge in [-0.3, -0.25) is 10.1 Å². The molecule has 3 aromatic heterocycles. The molecule has 3 atom stereocenters. The Balaban J connectivity index is 1.22. The van der Waals surface area contributed by atoms with E-state index in [9.17, 15) is 16.7 Å². The quantitative estimate of drug-likeness (QED) is 0.319. The molecule has 1 saturated carbocycles. The third-order valence-electron chi connectivity index (χ3n) is 8.38. The average molecular weight is 548 g/mol. The van der Waals surface area contributed by atoms with Gasteiger partial charge in [-0.1, -0.05) is 30.3 Å². The molecule has 7 rings (SSSR count). The Morgan fingerprint density at radius 1 is 1.08 bits per heavy atom. The van der Waals surface area contributed by atoms with Crippen LogP contribution in [-0.2, 0) is 15.6 Å². The van der Waals surface area contributed by atoms with Crippen molar-refractivity contribution in [1.82, 2.24) is 25.1 Å². The van der Waals surface area contributed by atoms with Crippen LogP contribution >= 0.6 is 0 Å². The van der Waals surface area contributed by atoms with Crippen molar-refractivity contribution in [2.75, 3.05) is 24.5 Å². The molecule has 12 heteroatoms. The molecule has 3 N–H and O–H groups in total. The van der Waals surface area contributed by atoms with Crippen LogP contribution in [0, 0.1) is 17.7 Å². The lowest BCUT2D eigenvalue weighted by molar-refractivity contribution is 0.533. The lowest BCUT2D eigenvalue weighted by Crippen LogP contribution is -2.32. The molecule has 198 valence electrons. The van der Waals surface area contributed by atoms with E-state index in [4.69, 9.17) is 10.7 Å². The van der Waals surface area contributed by atoms with Gasteiger partial charge in [-0.2, -0.15) is 13.5 Å². The number of nitrogens with zero attached hydrogens (tertiary/aromatic N) is 5. The SMILES string of the molecule is NC[C@]1(c2ccccc2F)[C@@H]2CCN(c3cnc4c(-c5ccc(S(=O)(=O)F)c6ncccc56)[nH]nc4n3)C[C@@H]21. The zero-order valence-corrected chi connectivity index (χ0v) is 21.4. The number of pyridine rings is 1. The van der Waals surface area contributed by atoms with Crippen LogP contribution in [0.2, 0.25) is 0 Å². The highest BCUT2D eigenvalue weighted by Crippen LogP contribution is 2.63. The number of nitrogens with two attached hydrogens (primary N) is 1. The van der Waals surface area contributed by atoms with E-state index in [1.54, 1.807) is 24.4 Å². The third-order valence-corrected chi connectivity index (χ3v) is 9.24. The summed E-state index contributed by atoms with van der Waals surface area (Å²) in [6.45, 7) is 1.81. The van der Waals surface area contributed by atoms with Gasteiger partial charge in [0.2, 0.25) is 5.65 Å². The Bertz CT molecular complexity index is 1880. The van der Waals surface area contributed by atoms with Gasteiger partial charge in [0.15, 0.2) is 0 Å². The molecule has 0 radical (unpaired) electrons. The number of rotatable bonds is 5. The lowest BCUT2D eigenvalue weighted by Gasteiger charge is -2.26. The number of halogens is 2. The van der Waals surface area contributed by atoms with Crippen molar-refractivity contribution >= 4 is 38.1 Å². The Hall–Kier alpha value is -4.03. The van der Waals surface area contributed by atoms with Gasteiger partial charge >= 0.3 is 10.2 Å². The van der Waals surface area contributed by atoms with Crippen molar-refractivity contribution < 1.29 is 16.7 Å². The monoisotopic (exact) mass is 547 g/mol. The molecule has 2 aliphatic rings. The normalized spacial score (nSPS) is 22.8. The van der Waals surface area contributed by atoms with Gasteiger partial charge in [0.1, 0.15) is 22.0 Å². The molecular formula is C27H23F2N7O2S. The van der Waals surface area contributed by atoms with Crippen LogP contribution in [0.1, 0.15) is 12.0 Å². The molecule has 4 heterocycles. The maximum absolute atomic E-state index is 14.7. The van der Waals surface area contributed by atoms with Gasteiger partial charge in [-0.25, -0.2) is 14.4 Å². The van der Waals surface area contributed by atoms with E-state index in [1.165, 1.54) is 24.4 Å². The predicted octanol–water partition coefficient (Wildman–Crippen LogP) is 3.72. The van der Waals surface area contributed by atoms with Crippen LogP contribution in [-0.4, -0.2) is 53.2 Å². The smallest absolute Gasteiger partial charge is 0.334 e. The first-order valence-electron chi connectivity index (χ1n) is 12.6. The number of aromatic nitrogens is 5. The predicted molar refractivity (Wildman–Crippen MR) is 142 cm³/mol. The summed E-state index contributed by atoms with van der Waals surface area (Å²) in [6, 6.07) is 12.9. The van der Waals surface area contributed by atoms with Crippen molar-refractivity contribution in [2.24, 2.45) is 17.6 Å². The second-order valence-corrected chi connectivity index (χ2v) is 11.4. The zero-order valence-electron chi connectivity index (χ0n) is 20.6. The molecule has 0 amide bonds. The summed E-state index contributed by atoms with van der Waals surface area (Å²) in [5.41, 5.74) is 8.55. The summed E-state index contributed by atoms with van der Waals surface area (Å²) >= 11 is 0. The van der Waals surface area contributed by atoms with Gasteiger partial charge in [0.25, 0.3) is 0 Å². The van der Waals surface area contributed by atoms with Crippen molar-refractivity contribution in [3.63, 3.8) is 0 Å². The molecule has 1 saturated heterocycles. The van der Waals surface area contributed by atoms with Crippen molar-refractivity contribution in [2.45, 2.75) is 16.7 Å². The van der Waals surface area contributed by atoms with Crippen molar-refractivity contribution in [1.29, 1.82) is 0 Å². The van der Waals surface area contributed by atoms with Gasteiger partial charge in [0.05, 0.1) is 17.4 Å². The number of nitrogens with one attached hydrogen (secondary N) is 1. The standard InChI is InChI=1S/C27H23F2N7O2S/c28-20-6-2-1-5-18(20)27(14-30)17-9-11-36(13-19(17)27)22-12-32-25-24(34-35-26(25)33-22)16-7-8-21(39(29,37)38)23-15(16)4-3-10-31-23/h1-8,10,12,17,19H,9,11,13-14,30H2,(H,33,34,35)/t17-,19+,27-/m1/s1. The highest BCUT2D eigenvalue weighted by molar-refractivity contribution is 7.86. The van der Waals surface area contributed by atoms with E-state index in [0.717, 1.165) is 13.0 Å². The minimum Gasteiger partial charge on any atom is -0.355 e. The van der Waals surface area contributed by atoms with E-state index in [-0.39, 0.29) is 22.7 Å². The first kappa shape index (κ1) is 24.0. The number of hydrogen-bond acceptors (Lipinski definition) is 8. The molecule has 0 unspecified atom stereocenters. The lowest BCUT2D eigenvalue weighted by atomic mass is 9.91. The molecule has 0 spiro atoms. The van der Waals surface area contributed by atoms with Gasteiger partial charge in [-0.05, 0) is 42.0 Å². The third kappa shape index (κ3) is 3.54. The van der Waals surface area contributed by atoms with Crippen LogP contribution in [0.4, 0.5) is 14.1 Å². The van der Waals surface area contributed by atoms with Gasteiger partial charge in [0, 0.05) is 42.2 Å². The maximum Gasteiger partial charge on any atom is 0.334 e. The van der Waals surface area contributed by atoms with Gasteiger partial charge < -0.3 is 10.6 Å². The fraction of sp³-hybridized carbons (Fsp3) is 0.259. The molecule has 1 aliphatic heterocycles. The van der Waals surface area contributed by atoms with E-state index in [1.807, 2.05) is 12.1 Å². The summed E-state index contributed by atoms with van der Waals surface area (Å²) < 4.78 is 51.9. The van der Waals surface area contributed by atoms with E-state index >= 15 is 0 Å². The highest BCUT2D eigenvalue weighted by atomic mass is 32.3. The number of hydrogen-bond donors (Lipinski definition) is 2. The van der Waals surface area contributed by atoms with Crippen molar-refractivity contribution in [3.05, 3.63) is 72.3 Å². The molecule has 0 bridgehead atoms. The molecule has 39 heavy (non-hydrogen) atoms. The summed E-state index contributed by atoms with van der Waals surface area (Å²) in [5, 5.41) is 7.75. The average Bonchev–Trinajstić information content (AvgIpc) is 3.40. The topological polar surface area (TPSA) is 131 Å². The number of anilines is 1. The summed E-state index contributed by atoms with van der Waals surface area (Å²) in [5.74, 6) is 0.983. The fourth-order valence-corrected chi connectivity index (χ4v) is 7.15. The van der Waals surface area contributed by atoms with Gasteiger partial charge in [-0.15, -0.1) is 3.89 Å². The Kier molecular flexibility index (Phi) is 5.23. The minimum absolute atomic E-state index is 0.0235. The zero-order chi connectivity index (χ0) is 26.9. The summed E-state index contributed by atoms with van der Waals surface area (Å²) in [6.07, 6.45) is 3.95. The van der Waals surface area contributed by atoms with Crippen molar-refractivity contribution in [3.8, 4) is 11.3 Å². The van der Waals surface area contributed by atoms with E-state index in [0.29, 0.717) is 58.2 Å². The van der Waals surface area contributed by atoms with E-state index in [2.05, 4.69) is 25.1 Å². The Morgan fingerprint density at radius 3 is 2.72 bits per heavy atom. The molecule has 5 aromatic rings. The van der Waals surface area contributed by atoms with Crippen LogP contribution in [0.5, 0.6) is 0 Å². The Morgan fingerprint density at radius 2 is 1.92 bits per heavy atom. The molecular weight excluding hydrogens is 524 g/mol. The second-order valence-electron chi connectivity index (χ2n) is 10.1. The fourth-order valence-electron chi connectivity index (χ4n) is 6.52. The van der Waals surface area contributed by atoms with Crippen LogP contribution in [0.3, 0.4) is 0 Å². The van der Waals surface area contributed by atoms with Crippen LogP contribution < -0.4 is 10.6 Å². The first-order valence-corrected chi connectivity index (χ1v) is 13.9. The largest absolute Gasteiger partial charge is 0.355 e. The second kappa shape index (κ2) is 8.48. The number of piperidine rings is 1. The minimum atomic E-state index is -4.96. The number of aromatic amines is 1. The van der Waals surface area contributed by atoms with Crippen LogP contribution in [0.15, 0.2) is 65.8 Å². The molecule has 2 aromatic carbocycles. The summed E-state index contributed by atoms with van der Waals surface area (Å²) in [7, 11) is -4.96. The first-order chi connectivity index (χ1) is 18.8. The number of fused-ring (bicyclic) bond motifs is 3. The molecule has 2 fully saturated rings. The number of H-pyrrole nitrogens is 1.